The first-order valence-corrected chi connectivity index (χ1v) is 9.21. The Kier molecular flexibility index (Phi) is 4.50. The molecule has 0 amide bonds. The number of hydrogen-bond donors (Lipinski definition) is 0. The number of nitrogens with zero attached hydrogens (tertiary/aromatic N) is 5. The minimum Gasteiger partial charge on any atom is -0.325 e. The fraction of sp³-hybridized carbons (Fsp3) is 0.444. The van der Waals surface area contributed by atoms with E-state index in [9.17, 15) is 9.59 Å². The van der Waals surface area contributed by atoms with E-state index in [4.69, 9.17) is 11.6 Å². The van der Waals surface area contributed by atoms with Crippen molar-refractivity contribution in [3.05, 3.63) is 44.1 Å². The molecule has 8 heteroatoms. The van der Waals surface area contributed by atoms with Gasteiger partial charge in [0.25, 0.3) is 5.56 Å². The lowest BCUT2D eigenvalue weighted by molar-refractivity contribution is 0.323. The SMILES string of the molecule is Cn1c2nc(=O)n(CCCN3CCCC3)c(=O)c-2nc2ccc(Cl)cc21. The standard InChI is InChI=1S/C18H20ClN5O2/c1-22-14-11-12(19)5-6-13(14)20-15-16(22)21-18(26)24(17(15)25)10-4-9-23-7-2-3-8-23/h5-6,11H,2-4,7-10H2,1H3. The minimum atomic E-state index is -0.525. The summed E-state index contributed by atoms with van der Waals surface area (Å²) in [5.74, 6) is 0.283. The Labute approximate surface area is 155 Å². The first-order chi connectivity index (χ1) is 12.5. The third-order valence-corrected chi connectivity index (χ3v) is 5.23. The van der Waals surface area contributed by atoms with E-state index in [1.807, 2.05) is 0 Å². The molecular formula is C18H20ClN5O2. The summed E-state index contributed by atoms with van der Waals surface area (Å²) < 4.78 is 2.90. The number of hydrogen-bond acceptors (Lipinski definition) is 5. The Balaban J connectivity index is 1.74. The van der Waals surface area contributed by atoms with Gasteiger partial charge >= 0.3 is 5.69 Å². The predicted molar refractivity (Wildman–Crippen MR) is 101 cm³/mol. The van der Waals surface area contributed by atoms with Gasteiger partial charge in [-0.2, -0.15) is 4.98 Å². The smallest absolute Gasteiger partial charge is 0.325 e. The molecule has 0 saturated carbocycles. The van der Waals surface area contributed by atoms with Crippen LogP contribution in [0.25, 0.3) is 22.6 Å². The molecule has 0 atom stereocenters. The molecule has 3 heterocycles. The van der Waals surface area contributed by atoms with E-state index in [0.29, 0.717) is 17.1 Å². The zero-order valence-electron chi connectivity index (χ0n) is 14.6. The Morgan fingerprint density at radius 1 is 1.12 bits per heavy atom. The fourth-order valence-corrected chi connectivity index (χ4v) is 3.76. The van der Waals surface area contributed by atoms with Crippen molar-refractivity contribution in [2.24, 2.45) is 7.05 Å². The maximum absolute atomic E-state index is 12.8. The molecule has 26 heavy (non-hydrogen) atoms. The lowest BCUT2D eigenvalue weighted by atomic mass is 10.2. The van der Waals surface area contributed by atoms with Crippen molar-refractivity contribution in [2.45, 2.75) is 25.8 Å². The molecule has 3 aliphatic heterocycles. The van der Waals surface area contributed by atoms with Crippen LogP contribution in [0.5, 0.6) is 0 Å². The van der Waals surface area contributed by atoms with Crippen molar-refractivity contribution in [1.29, 1.82) is 0 Å². The third kappa shape index (κ3) is 3.01. The highest BCUT2D eigenvalue weighted by Crippen LogP contribution is 2.22. The number of aryl methyl sites for hydroxylation is 1. The molecule has 0 spiro atoms. The molecule has 7 nitrogen and oxygen atoms in total. The molecule has 4 rings (SSSR count). The fourth-order valence-electron chi connectivity index (χ4n) is 3.60. The molecule has 1 aromatic carbocycles. The average Bonchev–Trinajstić information content (AvgIpc) is 3.13. The van der Waals surface area contributed by atoms with Gasteiger partial charge in [-0.15, -0.1) is 0 Å². The number of rotatable bonds is 4. The zero-order valence-corrected chi connectivity index (χ0v) is 15.4. The van der Waals surface area contributed by atoms with E-state index in [0.717, 1.165) is 31.6 Å². The van der Waals surface area contributed by atoms with Crippen LogP contribution in [-0.4, -0.2) is 43.6 Å². The van der Waals surface area contributed by atoms with Gasteiger partial charge in [-0.1, -0.05) is 11.6 Å². The van der Waals surface area contributed by atoms with Crippen molar-refractivity contribution in [1.82, 2.24) is 24.0 Å². The normalized spacial score (nSPS) is 15.3. The van der Waals surface area contributed by atoms with Crippen LogP contribution in [0.3, 0.4) is 0 Å². The van der Waals surface area contributed by atoms with Crippen molar-refractivity contribution in [3.63, 3.8) is 0 Å². The first-order valence-electron chi connectivity index (χ1n) is 8.84. The topological polar surface area (TPSA) is 73.0 Å². The van der Waals surface area contributed by atoms with Crippen molar-refractivity contribution in [2.75, 3.05) is 19.6 Å². The van der Waals surface area contributed by atoms with Gasteiger partial charge in [-0.25, -0.2) is 9.78 Å². The second-order valence-electron chi connectivity index (χ2n) is 6.73. The summed E-state index contributed by atoms with van der Waals surface area (Å²) >= 11 is 6.05. The number of halogens is 1. The average molecular weight is 374 g/mol. The number of fused-ring (bicyclic) bond motifs is 2. The molecule has 136 valence electrons. The van der Waals surface area contributed by atoms with Crippen LogP contribution in [0.2, 0.25) is 5.02 Å². The lowest BCUT2D eigenvalue weighted by Gasteiger charge is -2.16. The monoisotopic (exact) mass is 373 g/mol. The summed E-state index contributed by atoms with van der Waals surface area (Å²) in [6, 6.07) is 5.24. The van der Waals surface area contributed by atoms with Crippen molar-refractivity contribution in [3.8, 4) is 11.5 Å². The summed E-state index contributed by atoms with van der Waals surface area (Å²) in [5, 5.41) is 0.562. The zero-order chi connectivity index (χ0) is 18.3. The molecule has 3 aliphatic rings. The minimum absolute atomic E-state index is 0.211. The van der Waals surface area contributed by atoms with Gasteiger partial charge in [0.2, 0.25) is 0 Å². The molecule has 0 radical (unpaired) electrons. The predicted octanol–water partition coefficient (Wildman–Crippen LogP) is 1.73. The van der Waals surface area contributed by atoms with Crippen LogP contribution in [-0.2, 0) is 13.6 Å². The molecular weight excluding hydrogens is 354 g/mol. The van der Waals surface area contributed by atoms with Gasteiger partial charge in [0, 0.05) is 18.6 Å². The summed E-state index contributed by atoms with van der Waals surface area (Å²) in [5.41, 5.74) is 0.674. The van der Waals surface area contributed by atoms with Gasteiger partial charge < -0.3 is 9.47 Å². The van der Waals surface area contributed by atoms with E-state index in [1.54, 1.807) is 29.8 Å². The van der Waals surface area contributed by atoms with Crippen LogP contribution in [0, 0.1) is 0 Å². The number of aromatic nitrogens is 4. The maximum atomic E-state index is 12.8. The number of benzene rings is 1. The van der Waals surface area contributed by atoms with Crippen LogP contribution >= 0.6 is 11.6 Å². The highest BCUT2D eigenvalue weighted by Gasteiger charge is 2.20. The molecule has 0 aromatic heterocycles. The molecule has 0 N–H and O–H groups in total. The molecule has 0 unspecified atom stereocenters. The highest BCUT2D eigenvalue weighted by molar-refractivity contribution is 6.31. The second kappa shape index (κ2) is 6.81. The second-order valence-corrected chi connectivity index (χ2v) is 7.17. The largest absolute Gasteiger partial charge is 0.352 e. The van der Waals surface area contributed by atoms with Crippen molar-refractivity contribution < 1.29 is 0 Å². The van der Waals surface area contributed by atoms with E-state index in [1.165, 1.54) is 17.4 Å². The van der Waals surface area contributed by atoms with E-state index >= 15 is 0 Å². The van der Waals surface area contributed by atoms with Crippen LogP contribution in [0.4, 0.5) is 0 Å². The Morgan fingerprint density at radius 2 is 1.88 bits per heavy atom. The van der Waals surface area contributed by atoms with E-state index in [-0.39, 0.29) is 17.1 Å². The first kappa shape index (κ1) is 17.2. The van der Waals surface area contributed by atoms with Crippen LogP contribution in [0.1, 0.15) is 19.3 Å². The Hall–Kier alpha value is -2.25. The molecule has 1 saturated heterocycles. The summed E-state index contributed by atoms with van der Waals surface area (Å²) in [7, 11) is 1.76. The van der Waals surface area contributed by atoms with Crippen molar-refractivity contribution >= 4 is 22.6 Å². The molecule has 1 aromatic rings. The Morgan fingerprint density at radius 3 is 2.65 bits per heavy atom. The van der Waals surface area contributed by atoms with E-state index < -0.39 is 5.69 Å². The number of likely N-dealkylation sites (tertiary alicyclic amines) is 1. The summed E-state index contributed by atoms with van der Waals surface area (Å²) in [6.45, 7) is 3.45. The summed E-state index contributed by atoms with van der Waals surface area (Å²) in [6.07, 6.45) is 3.20. The molecule has 0 bridgehead atoms. The molecule has 1 fully saturated rings. The van der Waals surface area contributed by atoms with Gasteiger partial charge in [0.05, 0.1) is 11.0 Å². The van der Waals surface area contributed by atoms with Gasteiger partial charge in [-0.05, 0) is 57.1 Å². The molecule has 0 aliphatic carbocycles. The van der Waals surface area contributed by atoms with Gasteiger partial charge in [0.1, 0.15) is 0 Å². The van der Waals surface area contributed by atoms with Crippen LogP contribution in [0.15, 0.2) is 27.8 Å². The van der Waals surface area contributed by atoms with Gasteiger partial charge in [0.15, 0.2) is 11.5 Å². The maximum Gasteiger partial charge on any atom is 0.352 e. The Bertz CT molecular complexity index is 1050. The third-order valence-electron chi connectivity index (χ3n) is 5.00. The van der Waals surface area contributed by atoms with Gasteiger partial charge in [-0.3, -0.25) is 9.36 Å². The highest BCUT2D eigenvalue weighted by atomic mass is 35.5. The quantitative estimate of drug-likeness (QED) is 0.651. The summed E-state index contributed by atoms with van der Waals surface area (Å²) in [4.78, 5) is 36.2. The lowest BCUT2D eigenvalue weighted by Crippen LogP contribution is -2.39. The van der Waals surface area contributed by atoms with E-state index in [2.05, 4.69) is 14.9 Å². The van der Waals surface area contributed by atoms with Crippen LogP contribution < -0.4 is 11.2 Å².